The van der Waals surface area contributed by atoms with Gasteiger partial charge in [-0.1, -0.05) is 0 Å². The Bertz CT molecular complexity index is 660. The summed E-state index contributed by atoms with van der Waals surface area (Å²) < 4.78 is 5.36. The van der Waals surface area contributed by atoms with Crippen LogP contribution in [0.4, 0.5) is 10.5 Å². The molecule has 0 aromatic heterocycles. The number of carbonyl (C=O) groups is 2. The fourth-order valence-electron chi connectivity index (χ4n) is 5.61. The van der Waals surface area contributed by atoms with Crippen LogP contribution in [0, 0.1) is 29.6 Å². The number of nitrogens with one attached hydrogen (secondary N) is 3. The molecule has 4 aliphatic rings. The molecular weight excluding hydrogens is 342 g/mol. The zero-order chi connectivity index (χ0) is 18.8. The van der Waals surface area contributed by atoms with Crippen molar-refractivity contribution in [1.82, 2.24) is 10.6 Å². The predicted molar refractivity (Wildman–Crippen MR) is 104 cm³/mol. The van der Waals surface area contributed by atoms with E-state index in [2.05, 4.69) is 16.0 Å². The zero-order valence-corrected chi connectivity index (χ0v) is 15.9. The quantitative estimate of drug-likeness (QED) is 0.719. The highest BCUT2D eigenvalue weighted by molar-refractivity contribution is 5.89. The molecule has 0 heterocycles. The lowest BCUT2D eigenvalue weighted by atomic mass is 9.52. The van der Waals surface area contributed by atoms with E-state index in [9.17, 15) is 9.59 Å². The van der Waals surface area contributed by atoms with Crippen molar-refractivity contribution in [3.05, 3.63) is 24.3 Å². The second-order valence-electron chi connectivity index (χ2n) is 8.42. The Kier molecular flexibility index (Phi) is 5.23. The third kappa shape index (κ3) is 4.20. The van der Waals surface area contributed by atoms with Crippen molar-refractivity contribution in [2.45, 2.75) is 32.1 Å². The highest BCUT2D eigenvalue weighted by atomic mass is 16.5. The maximum atomic E-state index is 12.3. The molecule has 4 bridgehead atoms. The summed E-state index contributed by atoms with van der Waals surface area (Å²) in [5.41, 5.74) is 0.713. The van der Waals surface area contributed by atoms with Crippen LogP contribution < -0.4 is 20.7 Å². The summed E-state index contributed by atoms with van der Waals surface area (Å²) in [6.45, 7) is 0.767. The van der Waals surface area contributed by atoms with Gasteiger partial charge in [0.2, 0.25) is 0 Å². The van der Waals surface area contributed by atoms with E-state index in [1.54, 1.807) is 31.3 Å². The summed E-state index contributed by atoms with van der Waals surface area (Å²) in [5, 5.41) is 8.47. The Morgan fingerprint density at radius 2 is 1.63 bits per heavy atom. The Morgan fingerprint density at radius 1 is 1.00 bits per heavy atom. The van der Waals surface area contributed by atoms with E-state index < -0.39 is 0 Å². The average Bonchev–Trinajstić information content (AvgIpc) is 2.66. The standard InChI is InChI=1S/C21H29N3O3/c1-22-20(25)12-27-18-4-2-17(3-5-18)24-21(26)23-11-19-15-7-13-6-14(9-15)10-16(19)8-13/h2-5,13-16,19H,6-12H2,1H3,(H,22,25)(H2,23,24,26). The number of hydrogen-bond acceptors (Lipinski definition) is 3. The molecule has 27 heavy (non-hydrogen) atoms. The van der Waals surface area contributed by atoms with Crippen LogP contribution in [0.25, 0.3) is 0 Å². The number of carbonyl (C=O) groups excluding carboxylic acids is 2. The summed E-state index contributed by atoms with van der Waals surface area (Å²) >= 11 is 0. The monoisotopic (exact) mass is 371 g/mol. The molecule has 0 saturated heterocycles. The largest absolute Gasteiger partial charge is 0.484 e. The number of benzene rings is 1. The van der Waals surface area contributed by atoms with Crippen molar-refractivity contribution in [1.29, 1.82) is 0 Å². The van der Waals surface area contributed by atoms with E-state index >= 15 is 0 Å². The molecule has 0 unspecified atom stereocenters. The molecule has 0 radical (unpaired) electrons. The molecular formula is C21H29N3O3. The number of rotatable bonds is 6. The first-order chi connectivity index (χ1) is 13.1. The van der Waals surface area contributed by atoms with Crippen LogP contribution in [0.2, 0.25) is 0 Å². The number of hydrogen-bond donors (Lipinski definition) is 3. The van der Waals surface area contributed by atoms with Crippen LogP contribution in [0.5, 0.6) is 5.75 Å². The zero-order valence-electron chi connectivity index (χ0n) is 15.9. The van der Waals surface area contributed by atoms with Gasteiger partial charge in [-0.05, 0) is 86.0 Å². The van der Waals surface area contributed by atoms with Gasteiger partial charge in [-0.3, -0.25) is 4.79 Å². The van der Waals surface area contributed by atoms with Crippen LogP contribution in [0.3, 0.4) is 0 Å². The first kappa shape index (κ1) is 18.1. The molecule has 4 saturated carbocycles. The lowest BCUT2D eigenvalue weighted by Crippen LogP contribution is -2.49. The van der Waals surface area contributed by atoms with E-state index in [1.165, 1.54) is 32.1 Å². The topological polar surface area (TPSA) is 79.5 Å². The van der Waals surface area contributed by atoms with Gasteiger partial charge in [0.1, 0.15) is 5.75 Å². The Balaban J connectivity index is 1.23. The summed E-state index contributed by atoms with van der Waals surface area (Å²) in [5.74, 6) is 4.63. The number of ether oxygens (including phenoxy) is 1. The summed E-state index contributed by atoms with van der Waals surface area (Å²) in [6, 6.07) is 6.90. The van der Waals surface area contributed by atoms with Crippen molar-refractivity contribution >= 4 is 17.6 Å². The highest BCUT2D eigenvalue weighted by Gasteiger charge is 2.47. The number of likely N-dealkylation sites (N-methyl/N-ethyl adjacent to an activating group) is 1. The summed E-state index contributed by atoms with van der Waals surface area (Å²) in [6.07, 6.45) is 6.95. The minimum Gasteiger partial charge on any atom is -0.484 e. The van der Waals surface area contributed by atoms with Gasteiger partial charge in [0.25, 0.3) is 5.91 Å². The van der Waals surface area contributed by atoms with Crippen molar-refractivity contribution in [2.75, 3.05) is 25.5 Å². The number of amides is 3. The van der Waals surface area contributed by atoms with Gasteiger partial charge in [0.15, 0.2) is 6.61 Å². The average molecular weight is 371 g/mol. The van der Waals surface area contributed by atoms with E-state index in [4.69, 9.17) is 4.74 Å². The fourth-order valence-corrected chi connectivity index (χ4v) is 5.61. The first-order valence-electron chi connectivity index (χ1n) is 10.1. The van der Waals surface area contributed by atoms with Gasteiger partial charge >= 0.3 is 6.03 Å². The normalized spacial score (nSPS) is 30.6. The molecule has 3 amide bonds. The minimum absolute atomic E-state index is 0.0187. The van der Waals surface area contributed by atoms with E-state index in [0.717, 1.165) is 30.2 Å². The SMILES string of the molecule is CNC(=O)COc1ccc(NC(=O)NCC2C3CC4CC(C3)CC2C4)cc1. The van der Waals surface area contributed by atoms with Crippen LogP contribution in [0.1, 0.15) is 32.1 Å². The van der Waals surface area contributed by atoms with Gasteiger partial charge in [0, 0.05) is 19.3 Å². The van der Waals surface area contributed by atoms with Crippen LogP contribution in [-0.2, 0) is 4.79 Å². The molecule has 6 heteroatoms. The van der Waals surface area contributed by atoms with Crippen molar-refractivity contribution < 1.29 is 14.3 Å². The van der Waals surface area contributed by atoms with Crippen LogP contribution in [-0.4, -0.2) is 32.1 Å². The van der Waals surface area contributed by atoms with Crippen molar-refractivity contribution in [3.8, 4) is 5.75 Å². The summed E-state index contributed by atoms with van der Waals surface area (Å²) in [7, 11) is 1.57. The lowest BCUT2D eigenvalue weighted by Gasteiger charge is -2.54. The van der Waals surface area contributed by atoms with Gasteiger partial charge < -0.3 is 20.7 Å². The highest BCUT2D eigenvalue weighted by Crippen LogP contribution is 2.56. The van der Waals surface area contributed by atoms with E-state index in [1.807, 2.05) is 0 Å². The van der Waals surface area contributed by atoms with E-state index in [0.29, 0.717) is 17.4 Å². The molecule has 1 aromatic rings. The molecule has 1 aromatic carbocycles. The number of urea groups is 1. The van der Waals surface area contributed by atoms with E-state index in [-0.39, 0.29) is 18.5 Å². The molecule has 6 nitrogen and oxygen atoms in total. The smallest absolute Gasteiger partial charge is 0.319 e. The maximum Gasteiger partial charge on any atom is 0.319 e. The lowest BCUT2D eigenvalue weighted by molar-refractivity contribution is -0.122. The second-order valence-corrected chi connectivity index (χ2v) is 8.42. The van der Waals surface area contributed by atoms with Crippen molar-refractivity contribution in [2.24, 2.45) is 29.6 Å². The first-order valence-corrected chi connectivity index (χ1v) is 10.1. The molecule has 4 aliphatic carbocycles. The molecule has 0 aliphatic heterocycles. The fraction of sp³-hybridized carbons (Fsp3) is 0.619. The van der Waals surface area contributed by atoms with Gasteiger partial charge in [-0.15, -0.1) is 0 Å². The van der Waals surface area contributed by atoms with Gasteiger partial charge in [-0.25, -0.2) is 4.79 Å². The number of anilines is 1. The minimum atomic E-state index is -0.179. The van der Waals surface area contributed by atoms with Gasteiger partial charge in [0.05, 0.1) is 0 Å². The molecule has 3 N–H and O–H groups in total. The predicted octanol–water partition coefficient (Wildman–Crippen LogP) is 3.01. The van der Waals surface area contributed by atoms with Crippen LogP contribution in [0.15, 0.2) is 24.3 Å². The molecule has 0 spiro atoms. The summed E-state index contributed by atoms with van der Waals surface area (Å²) in [4.78, 5) is 23.5. The van der Waals surface area contributed by atoms with Crippen molar-refractivity contribution in [3.63, 3.8) is 0 Å². The van der Waals surface area contributed by atoms with Crippen LogP contribution >= 0.6 is 0 Å². The molecule has 5 rings (SSSR count). The van der Waals surface area contributed by atoms with Gasteiger partial charge in [-0.2, -0.15) is 0 Å². The molecule has 146 valence electrons. The third-order valence-corrected chi connectivity index (χ3v) is 6.68. The Morgan fingerprint density at radius 3 is 2.22 bits per heavy atom. The third-order valence-electron chi connectivity index (χ3n) is 6.68. The molecule has 4 fully saturated rings. The molecule has 0 atom stereocenters. The maximum absolute atomic E-state index is 12.3. The Hall–Kier alpha value is -2.24. The second kappa shape index (κ2) is 7.79. The Labute approximate surface area is 160 Å².